The standard InChI is InChI=1S/C18H18ClN3O3S/c1-9-11(3)26-17-15(9)18(24)22(8-20-17)10(2)16(23)21-12-5-6-14(25-4)13(19)7-12/h5-8,10H,1-4H3,(H,21,23). The molecule has 1 atom stereocenters. The van der Waals surface area contributed by atoms with E-state index in [9.17, 15) is 9.59 Å². The third kappa shape index (κ3) is 3.20. The van der Waals surface area contributed by atoms with Crippen LogP contribution in [0.1, 0.15) is 23.4 Å². The fraction of sp³-hybridized carbons (Fsp3) is 0.278. The van der Waals surface area contributed by atoms with E-state index in [-0.39, 0.29) is 11.5 Å². The van der Waals surface area contributed by atoms with Crippen LogP contribution in [0.2, 0.25) is 5.02 Å². The van der Waals surface area contributed by atoms with Crippen LogP contribution in [-0.2, 0) is 4.79 Å². The van der Waals surface area contributed by atoms with Gasteiger partial charge in [-0.05, 0) is 44.5 Å². The van der Waals surface area contributed by atoms with Crippen molar-refractivity contribution in [3.63, 3.8) is 0 Å². The van der Waals surface area contributed by atoms with Crippen molar-refractivity contribution in [2.75, 3.05) is 12.4 Å². The van der Waals surface area contributed by atoms with Crippen molar-refractivity contribution in [3.05, 3.63) is 50.3 Å². The van der Waals surface area contributed by atoms with E-state index in [0.29, 0.717) is 26.7 Å². The van der Waals surface area contributed by atoms with Crippen molar-refractivity contribution in [2.45, 2.75) is 26.8 Å². The number of methoxy groups -OCH3 is 1. The van der Waals surface area contributed by atoms with Gasteiger partial charge in [-0.3, -0.25) is 14.2 Å². The third-order valence-corrected chi connectivity index (χ3v) is 5.74. The molecule has 0 saturated heterocycles. The molecule has 1 N–H and O–H groups in total. The number of anilines is 1. The van der Waals surface area contributed by atoms with E-state index in [1.54, 1.807) is 25.1 Å². The van der Waals surface area contributed by atoms with Crippen LogP contribution in [0.3, 0.4) is 0 Å². The zero-order valence-corrected chi connectivity index (χ0v) is 16.4. The number of aromatic nitrogens is 2. The molecule has 1 aromatic carbocycles. The number of rotatable bonds is 4. The molecule has 6 nitrogen and oxygen atoms in total. The molecule has 0 spiro atoms. The topological polar surface area (TPSA) is 73.2 Å². The molecule has 0 saturated carbocycles. The van der Waals surface area contributed by atoms with Gasteiger partial charge in [-0.25, -0.2) is 4.98 Å². The minimum Gasteiger partial charge on any atom is -0.495 e. The number of thiophene rings is 1. The Kier molecular flexibility index (Phi) is 5.02. The smallest absolute Gasteiger partial charge is 0.263 e. The maximum Gasteiger partial charge on any atom is 0.263 e. The molecule has 8 heteroatoms. The molecular weight excluding hydrogens is 374 g/mol. The minimum absolute atomic E-state index is 0.215. The lowest BCUT2D eigenvalue weighted by atomic mass is 10.2. The van der Waals surface area contributed by atoms with Crippen LogP contribution in [-0.4, -0.2) is 22.6 Å². The highest BCUT2D eigenvalue weighted by atomic mass is 35.5. The molecule has 3 aromatic rings. The van der Waals surface area contributed by atoms with E-state index in [1.165, 1.54) is 29.3 Å². The molecule has 1 unspecified atom stereocenters. The third-order valence-electron chi connectivity index (χ3n) is 4.33. The summed E-state index contributed by atoms with van der Waals surface area (Å²) in [6.45, 7) is 5.50. The van der Waals surface area contributed by atoms with E-state index in [0.717, 1.165) is 10.4 Å². The highest BCUT2D eigenvalue weighted by Crippen LogP contribution is 2.28. The number of ether oxygens (including phenoxy) is 1. The molecule has 1 amide bonds. The van der Waals surface area contributed by atoms with E-state index in [2.05, 4.69) is 10.3 Å². The van der Waals surface area contributed by atoms with Gasteiger partial charge in [0, 0.05) is 10.6 Å². The number of benzene rings is 1. The quantitative estimate of drug-likeness (QED) is 0.731. The van der Waals surface area contributed by atoms with Gasteiger partial charge in [0.05, 0.1) is 23.8 Å². The summed E-state index contributed by atoms with van der Waals surface area (Å²) in [5, 5.41) is 3.73. The Labute approximate surface area is 159 Å². The molecular formula is C18H18ClN3O3S. The molecule has 0 aliphatic rings. The zero-order chi connectivity index (χ0) is 19.0. The first-order valence-corrected chi connectivity index (χ1v) is 9.14. The van der Waals surface area contributed by atoms with Gasteiger partial charge in [-0.2, -0.15) is 0 Å². The predicted octanol–water partition coefficient (Wildman–Crippen LogP) is 3.94. The number of fused-ring (bicyclic) bond motifs is 1. The summed E-state index contributed by atoms with van der Waals surface area (Å²) < 4.78 is 6.44. The Bertz CT molecular complexity index is 1060. The average molecular weight is 392 g/mol. The van der Waals surface area contributed by atoms with Gasteiger partial charge >= 0.3 is 0 Å². The number of nitrogens with one attached hydrogen (secondary N) is 1. The fourth-order valence-electron chi connectivity index (χ4n) is 2.64. The van der Waals surface area contributed by atoms with Gasteiger partial charge < -0.3 is 10.1 Å². The molecule has 0 aliphatic heterocycles. The second kappa shape index (κ2) is 7.09. The number of amides is 1. The van der Waals surface area contributed by atoms with E-state index in [4.69, 9.17) is 16.3 Å². The Balaban J connectivity index is 1.90. The van der Waals surface area contributed by atoms with Crippen molar-refractivity contribution >= 4 is 44.7 Å². The lowest BCUT2D eigenvalue weighted by Gasteiger charge is -2.15. The van der Waals surface area contributed by atoms with Crippen molar-refractivity contribution in [2.24, 2.45) is 0 Å². The molecule has 0 aliphatic carbocycles. The summed E-state index contributed by atoms with van der Waals surface area (Å²) >= 11 is 7.56. The maximum atomic E-state index is 12.8. The molecule has 3 rings (SSSR count). The maximum absolute atomic E-state index is 12.8. The lowest BCUT2D eigenvalue weighted by molar-refractivity contribution is -0.118. The van der Waals surface area contributed by atoms with Gasteiger partial charge in [-0.1, -0.05) is 11.6 Å². The summed E-state index contributed by atoms with van der Waals surface area (Å²) in [6, 6.07) is 4.23. The van der Waals surface area contributed by atoms with Crippen LogP contribution in [0.5, 0.6) is 5.75 Å². The van der Waals surface area contributed by atoms with Crippen LogP contribution in [0.25, 0.3) is 10.2 Å². The van der Waals surface area contributed by atoms with Gasteiger partial charge in [0.15, 0.2) is 0 Å². The van der Waals surface area contributed by atoms with E-state index >= 15 is 0 Å². The zero-order valence-electron chi connectivity index (χ0n) is 14.8. The average Bonchev–Trinajstić information content (AvgIpc) is 2.90. The van der Waals surface area contributed by atoms with Crippen LogP contribution < -0.4 is 15.6 Å². The van der Waals surface area contributed by atoms with Crippen LogP contribution in [0.15, 0.2) is 29.3 Å². The van der Waals surface area contributed by atoms with Gasteiger partial charge in [0.1, 0.15) is 16.6 Å². The highest BCUT2D eigenvalue weighted by molar-refractivity contribution is 7.18. The van der Waals surface area contributed by atoms with Crippen molar-refractivity contribution in [1.29, 1.82) is 0 Å². The van der Waals surface area contributed by atoms with Crippen molar-refractivity contribution < 1.29 is 9.53 Å². The first-order valence-electron chi connectivity index (χ1n) is 7.94. The number of hydrogen-bond acceptors (Lipinski definition) is 5. The SMILES string of the molecule is COc1ccc(NC(=O)C(C)n2cnc3sc(C)c(C)c3c2=O)cc1Cl. The second-order valence-corrected chi connectivity index (χ2v) is 7.55. The van der Waals surface area contributed by atoms with Gasteiger partial charge in [0.2, 0.25) is 5.91 Å². The molecule has 136 valence electrons. The molecule has 0 fully saturated rings. The number of hydrogen-bond donors (Lipinski definition) is 1. The molecule has 26 heavy (non-hydrogen) atoms. The minimum atomic E-state index is -0.722. The first kappa shape index (κ1) is 18.4. The molecule has 0 radical (unpaired) electrons. The largest absolute Gasteiger partial charge is 0.495 e. The number of carbonyl (C=O) groups is 1. The Morgan fingerprint density at radius 3 is 2.77 bits per heavy atom. The molecule has 0 bridgehead atoms. The number of carbonyl (C=O) groups excluding carboxylic acids is 1. The second-order valence-electron chi connectivity index (χ2n) is 5.93. The summed E-state index contributed by atoms with van der Waals surface area (Å²) in [6.07, 6.45) is 1.42. The Morgan fingerprint density at radius 2 is 2.12 bits per heavy atom. The number of aryl methyl sites for hydroxylation is 2. The van der Waals surface area contributed by atoms with Crippen LogP contribution in [0.4, 0.5) is 5.69 Å². The number of halogens is 1. The van der Waals surface area contributed by atoms with Crippen molar-refractivity contribution in [1.82, 2.24) is 9.55 Å². The summed E-state index contributed by atoms with van der Waals surface area (Å²) in [4.78, 5) is 31.5. The lowest BCUT2D eigenvalue weighted by Crippen LogP contribution is -2.31. The summed E-state index contributed by atoms with van der Waals surface area (Å²) in [5.41, 5.74) is 1.22. The summed E-state index contributed by atoms with van der Waals surface area (Å²) in [5.74, 6) is 0.186. The van der Waals surface area contributed by atoms with Gasteiger partial charge in [0.25, 0.3) is 5.56 Å². The van der Waals surface area contributed by atoms with Gasteiger partial charge in [-0.15, -0.1) is 11.3 Å². The van der Waals surface area contributed by atoms with E-state index < -0.39 is 6.04 Å². The van der Waals surface area contributed by atoms with Crippen LogP contribution >= 0.6 is 22.9 Å². The first-order chi connectivity index (χ1) is 12.3. The Morgan fingerprint density at radius 1 is 1.38 bits per heavy atom. The Hall–Kier alpha value is -2.38. The number of nitrogens with zero attached hydrogens (tertiary/aromatic N) is 2. The monoisotopic (exact) mass is 391 g/mol. The summed E-state index contributed by atoms with van der Waals surface area (Å²) in [7, 11) is 1.52. The molecule has 2 heterocycles. The highest BCUT2D eigenvalue weighted by Gasteiger charge is 2.20. The van der Waals surface area contributed by atoms with Crippen LogP contribution in [0, 0.1) is 13.8 Å². The normalized spacial score (nSPS) is 12.2. The van der Waals surface area contributed by atoms with E-state index in [1.807, 2.05) is 13.8 Å². The van der Waals surface area contributed by atoms with Crippen molar-refractivity contribution in [3.8, 4) is 5.75 Å². The molecule has 2 aromatic heterocycles. The predicted molar refractivity (Wildman–Crippen MR) is 105 cm³/mol. The fourth-order valence-corrected chi connectivity index (χ4v) is 3.89.